The smallest absolute Gasteiger partial charge is 0.339 e. The largest absolute Gasteiger partial charge is 0.462 e. The number of pyridine rings is 1. The third kappa shape index (κ3) is 1.98. The van der Waals surface area contributed by atoms with Crippen LogP contribution >= 0.6 is 0 Å². The molecular weight excluding hydrogens is 182 g/mol. The van der Waals surface area contributed by atoms with Crippen LogP contribution in [-0.2, 0) is 4.74 Å². The molecule has 1 rings (SSSR count). The Morgan fingerprint density at radius 1 is 1.79 bits per heavy atom. The summed E-state index contributed by atoms with van der Waals surface area (Å²) in [7, 11) is 0. The fraction of sp³-hybridized carbons (Fsp3) is 0.222. The molecule has 0 bridgehead atoms. The van der Waals surface area contributed by atoms with Crippen molar-refractivity contribution in [3.8, 4) is 6.07 Å². The highest BCUT2D eigenvalue weighted by molar-refractivity contribution is 5.89. The number of nitriles is 1. The summed E-state index contributed by atoms with van der Waals surface area (Å²) in [6.07, 6.45) is 1.29. The molecule has 0 aliphatic rings. The Morgan fingerprint density at radius 2 is 2.50 bits per heavy atom. The zero-order chi connectivity index (χ0) is 10.6. The molecule has 0 spiro atoms. The maximum absolute atomic E-state index is 11.2. The summed E-state index contributed by atoms with van der Waals surface area (Å²) in [6, 6.07) is 3.20. The van der Waals surface area contributed by atoms with Gasteiger partial charge in [-0.2, -0.15) is 5.26 Å². The molecule has 0 atom stereocenters. The molecule has 0 saturated carbocycles. The molecule has 1 heterocycles. The number of hydrogen-bond acceptors (Lipinski definition) is 5. The van der Waals surface area contributed by atoms with Crippen LogP contribution in [0.1, 0.15) is 22.8 Å². The molecule has 0 aliphatic carbocycles. The molecule has 72 valence electrons. The minimum atomic E-state index is -0.503. The SMILES string of the molecule is CCOC(=O)c1cnc(N)c(C#N)c1. The minimum Gasteiger partial charge on any atom is -0.462 e. The standard InChI is InChI=1S/C9H9N3O2/c1-2-14-9(13)7-3-6(4-10)8(11)12-5-7/h3,5H,2H2,1H3,(H2,11,12). The molecule has 1 aromatic rings. The van der Waals surface area contributed by atoms with Gasteiger partial charge in [-0.3, -0.25) is 0 Å². The van der Waals surface area contributed by atoms with Gasteiger partial charge in [0.25, 0.3) is 0 Å². The first-order valence-corrected chi connectivity index (χ1v) is 4.01. The zero-order valence-electron chi connectivity index (χ0n) is 7.65. The number of nitrogens with two attached hydrogens (primary N) is 1. The van der Waals surface area contributed by atoms with Crippen LogP contribution in [0, 0.1) is 11.3 Å². The topological polar surface area (TPSA) is 89.0 Å². The molecule has 5 nitrogen and oxygen atoms in total. The normalized spacial score (nSPS) is 9.14. The number of carbonyl (C=O) groups is 1. The summed E-state index contributed by atoms with van der Waals surface area (Å²) in [5.41, 5.74) is 5.80. The fourth-order valence-corrected chi connectivity index (χ4v) is 0.891. The quantitative estimate of drug-likeness (QED) is 0.695. The molecule has 0 radical (unpaired) electrons. The molecule has 0 fully saturated rings. The minimum absolute atomic E-state index is 0.112. The molecule has 0 aromatic carbocycles. The second kappa shape index (κ2) is 4.23. The number of nitrogen functional groups attached to an aromatic ring is 1. The van der Waals surface area contributed by atoms with E-state index >= 15 is 0 Å². The van der Waals surface area contributed by atoms with Crippen molar-refractivity contribution in [2.75, 3.05) is 12.3 Å². The van der Waals surface area contributed by atoms with Crippen LogP contribution in [0.15, 0.2) is 12.3 Å². The van der Waals surface area contributed by atoms with E-state index in [2.05, 4.69) is 4.98 Å². The number of ether oxygens (including phenoxy) is 1. The Balaban J connectivity index is 3.02. The highest BCUT2D eigenvalue weighted by Gasteiger charge is 2.09. The van der Waals surface area contributed by atoms with Crippen molar-refractivity contribution in [3.05, 3.63) is 23.4 Å². The Bertz CT molecular complexity index is 396. The lowest BCUT2D eigenvalue weighted by Crippen LogP contribution is -2.06. The Hall–Kier alpha value is -2.09. The van der Waals surface area contributed by atoms with E-state index in [4.69, 9.17) is 15.7 Å². The molecule has 2 N–H and O–H groups in total. The maximum Gasteiger partial charge on any atom is 0.339 e. The van der Waals surface area contributed by atoms with Crippen LogP contribution in [0.5, 0.6) is 0 Å². The Morgan fingerprint density at radius 3 is 3.07 bits per heavy atom. The number of carbonyl (C=O) groups excluding carboxylic acids is 1. The first kappa shape index (κ1) is 9.99. The van der Waals surface area contributed by atoms with Crippen LogP contribution in [0.3, 0.4) is 0 Å². The van der Waals surface area contributed by atoms with E-state index in [9.17, 15) is 4.79 Å². The van der Waals surface area contributed by atoms with Gasteiger partial charge in [-0.05, 0) is 13.0 Å². The van der Waals surface area contributed by atoms with Gasteiger partial charge in [-0.15, -0.1) is 0 Å². The second-order valence-corrected chi connectivity index (χ2v) is 2.49. The van der Waals surface area contributed by atoms with Gasteiger partial charge in [-0.25, -0.2) is 9.78 Å². The lowest BCUT2D eigenvalue weighted by Gasteiger charge is -2.02. The van der Waals surface area contributed by atoms with Gasteiger partial charge >= 0.3 is 5.97 Å². The average molecular weight is 191 g/mol. The number of rotatable bonds is 2. The lowest BCUT2D eigenvalue weighted by atomic mass is 10.2. The van der Waals surface area contributed by atoms with Crippen molar-refractivity contribution in [1.29, 1.82) is 5.26 Å². The Labute approximate surface area is 81.1 Å². The molecule has 0 unspecified atom stereocenters. The predicted molar refractivity (Wildman–Crippen MR) is 49.3 cm³/mol. The number of hydrogen-bond donors (Lipinski definition) is 1. The van der Waals surface area contributed by atoms with Crippen LogP contribution in [-0.4, -0.2) is 17.6 Å². The van der Waals surface area contributed by atoms with Crippen molar-refractivity contribution < 1.29 is 9.53 Å². The summed E-state index contributed by atoms with van der Waals surface area (Å²) in [5, 5.41) is 8.63. The number of nitrogens with zero attached hydrogens (tertiary/aromatic N) is 2. The second-order valence-electron chi connectivity index (χ2n) is 2.49. The van der Waals surface area contributed by atoms with Gasteiger partial charge in [0.1, 0.15) is 11.9 Å². The number of aromatic nitrogens is 1. The molecule has 0 aliphatic heterocycles. The van der Waals surface area contributed by atoms with E-state index in [1.807, 2.05) is 6.07 Å². The van der Waals surface area contributed by atoms with Crippen molar-refractivity contribution in [1.82, 2.24) is 4.98 Å². The van der Waals surface area contributed by atoms with Crippen molar-refractivity contribution in [2.24, 2.45) is 0 Å². The Kier molecular flexibility index (Phi) is 3.02. The summed E-state index contributed by atoms with van der Waals surface area (Å²) in [6.45, 7) is 1.99. The summed E-state index contributed by atoms with van der Waals surface area (Å²) < 4.78 is 4.74. The average Bonchev–Trinajstić information content (AvgIpc) is 2.19. The maximum atomic E-state index is 11.2. The van der Waals surface area contributed by atoms with E-state index < -0.39 is 5.97 Å². The molecule has 0 saturated heterocycles. The van der Waals surface area contributed by atoms with E-state index in [1.54, 1.807) is 6.92 Å². The number of anilines is 1. The highest BCUT2D eigenvalue weighted by Crippen LogP contribution is 2.10. The van der Waals surface area contributed by atoms with E-state index in [-0.39, 0.29) is 23.6 Å². The van der Waals surface area contributed by atoms with Gasteiger partial charge in [-0.1, -0.05) is 0 Å². The number of esters is 1. The van der Waals surface area contributed by atoms with Gasteiger partial charge < -0.3 is 10.5 Å². The van der Waals surface area contributed by atoms with Crippen LogP contribution < -0.4 is 5.73 Å². The molecule has 1 aromatic heterocycles. The zero-order valence-corrected chi connectivity index (χ0v) is 7.65. The first-order valence-electron chi connectivity index (χ1n) is 4.01. The van der Waals surface area contributed by atoms with Gasteiger partial charge in [0.2, 0.25) is 0 Å². The summed E-state index contributed by atoms with van der Waals surface area (Å²) in [5.74, 6) is -0.392. The lowest BCUT2D eigenvalue weighted by molar-refractivity contribution is 0.0526. The first-order chi connectivity index (χ1) is 6.69. The van der Waals surface area contributed by atoms with Crippen molar-refractivity contribution in [2.45, 2.75) is 6.92 Å². The molecule has 14 heavy (non-hydrogen) atoms. The predicted octanol–water partition coefficient (Wildman–Crippen LogP) is 0.712. The van der Waals surface area contributed by atoms with Crippen LogP contribution in [0.2, 0.25) is 0 Å². The van der Waals surface area contributed by atoms with Gasteiger partial charge in [0.15, 0.2) is 0 Å². The summed E-state index contributed by atoms with van der Waals surface area (Å²) >= 11 is 0. The van der Waals surface area contributed by atoms with Crippen molar-refractivity contribution >= 4 is 11.8 Å². The fourth-order valence-electron chi connectivity index (χ4n) is 0.891. The summed E-state index contributed by atoms with van der Waals surface area (Å²) in [4.78, 5) is 14.9. The van der Waals surface area contributed by atoms with Crippen LogP contribution in [0.25, 0.3) is 0 Å². The molecular formula is C9H9N3O2. The van der Waals surface area contributed by atoms with E-state index in [0.29, 0.717) is 0 Å². The van der Waals surface area contributed by atoms with E-state index in [1.165, 1.54) is 12.3 Å². The van der Waals surface area contributed by atoms with Gasteiger partial charge in [0, 0.05) is 6.20 Å². The monoisotopic (exact) mass is 191 g/mol. The van der Waals surface area contributed by atoms with Crippen molar-refractivity contribution in [3.63, 3.8) is 0 Å². The third-order valence-corrected chi connectivity index (χ3v) is 1.55. The molecule has 5 heteroatoms. The van der Waals surface area contributed by atoms with Gasteiger partial charge in [0.05, 0.1) is 17.7 Å². The highest BCUT2D eigenvalue weighted by atomic mass is 16.5. The third-order valence-electron chi connectivity index (χ3n) is 1.55. The molecule has 0 amide bonds. The van der Waals surface area contributed by atoms with E-state index in [0.717, 1.165) is 0 Å². The van der Waals surface area contributed by atoms with Crippen LogP contribution in [0.4, 0.5) is 5.82 Å².